The molecule has 2 fully saturated rings. The molecule has 2 aliphatic rings. The maximum absolute atomic E-state index is 5.67. The van der Waals surface area contributed by atoms with Crippen LogP contribution in [-0.2, 0) is 4.74 Å². The van der Waals surface area contributed by atoms with Gasteiger partial charge in [0.1, 0.15) is 6.26 Å². The molecule has 0 radical (unpaired) electrons. The molecular weight excluding hydrogens is 216 g/mol. The zero-order chi connectivity index (χ0) is 11.5. The molecule has 1 aromatic rings. The lowest BCUT2D eigenvalue weighted by atomic mass is 9.97. The van der Waals surface area contributed by atoms with E-state index in [2.05, 4.69) is 5.32 Å². The molecule has 3 heterocycles. The fraction of sp³-hybridized carbons (Fsp3) is 0.769. The summed E-state index contributed by atoms with van der Waals surface area (Å²) in [5, 5.41) is 3.40. The van der Waals surface area contributed by atoms with E-state index < -0.39 is 0 Å². The number of aromatic nitrogens is 1. The van der Waals surface area contributed by atoms with E-state index in [1.54, 1.807) is 0 Å². The molecule has 17 heavy (non-hydrogen) atoms. The fourth-order valence-corrected chi connectivity index (χ4v) is 2.73. The molecule has 0 saturated carbocycles. The zero-order valence-corrected chi connectivity index (χ0v) is 10.2. The van der Waals surface area contributed by atoms with E-state index in [4.69, 9.17) is 14.1 Å². The summed E-state index contributed by atoms with van der Waals surface area (Å²) >= 11 is 0. The fourth-order valence-electron chi connectivity index (χ4n) is 2.73. The van der Waals surface area contributed by atoms with E-state index >= 15 is 0 Å². The van der Waals surface area contributed by atoms with Crippen LogP contribution in [0.3, 0.4) is 0 Å². The van der Waals surface area contributed by atoms with Crippen LogP contribution >= 0.6 is 0 Å². The van der Waals surface area contributed by atoms with E-state index in [-0.39, 0.29) is 0 Å². The molecule has 0 aliphatic carbocycles. The second-order valence-corrected chi connectivity index (χ2v) is 5.04. The molecule has 2 aliphatic heterocycles. The Morgan fingerprint density at radius 2 is 2.06 bits per heavy atom. The van der Waals surface area contributed by atoms with Crippen molar-refractivity contribution in [2.45, 2.75) is 37.5 Å². The third-order valence-electron chi connectivity index (χ3n) is 3.83. The van der Waals surface area contributed by atoms with Gasteiger partial charge in [-0.1, -0.05) is 0 Å². The predicted octanol–water partition coefficient (Wildman–Crippen LogP) is 2.04. The third-order valence-corrected chi connectivity index (χ3v) is 3.83. The van der Waals surface area contributed by atoms with E-state index in [9.17, 15) is 0 Å². The van der Waals surface area contributed by atoms with Gasteiger partial charge in [-0.2, -0.15) is 0 Å². The van der Waals surface area contributed by atoms with Crippen molar-refractivity contribution in [3.8, 4) is 0 Å². The number of oxazole rings is 1. The molecule has 4 nitrogen and oxygen atoms in total. The topological polar surface area (TPSA) is 47.3 Å². The molecule has 0 amide bonds. The van der Waals surface area contributed by atoms with Crippen LogP contribution in [0, 0.1) is 0 Å². The first kappa shape index (κ1) is 11.2. The van der Waals surface area contributed by atoms with Gasteiger partial charge in [0.2, 0.25) is 0 Å². The van der Waals surface area contributed by atoms with E-state index in [1.807, 2.05) is 6.26 Å². The Balaban J connectivity index is 1.68. The van der Waals surface area contributed by atoms with E-state index in [0.29, 0.717) is 11.8 Å². The highest BCUT2D eigenvalue weighted by Crippen LogP contribution is 2.29. The molecule has 4 heteroatoms. The molecule has 1 N–H and O–H groups in total. The number of piperidine rings is 1. The smallest absolute Gasteiger partial charge is 0.198 e. The number of hydrogen-bond donors (Lipinski definition) is 1. The molecule has 2 saturated heterocycles. The van der Waals surface area contributed by atoms with Crippen molar-refractivity contribution in [1.82, 2.24) is 10.3 Å². The van der Waals surface area contributed by atoms with Crippen LogP contribution in [0.5, 0.6) is 0 Å². The molecule has 3 rings (SSSR count). The van der Waals surface area contributed by atoms with Gasteiger partial charge in [0, 0.05) is 31.6 Å². The standard InChI is InChI=1S/C13H20N2O2/c1-2-11(8-14-5-1)13-15-12(9-17-13)10-3-6-16-7-4-10/h9-11,14H,1-8H2. The van der Waals surface area contributed by atoms with Gasteiger partial charge in [0.25, 0.3) is 0 Å². The molecule has 1 atom stereocenters. The van der Waals surface area contributed by atoms with E-state index in [1.165, 1.54) is 12.8 Å². The Kier molecular flexibility index (Phi) is 3.43. The molecule has 94 valence electrons. The summed E-state index contributed by atoms with van der Waals surface area (Å²) in [4.78, 5) is 4.70. The minimum absolute atomic E-state index is 0.470. The monoisotopic (exact) mass is 236 g/mol. The van der Waals surface area contributed by atoms with Crippen molar-refractivity contribution in [3.63, 3.8) is 0 Å². The predicted molar refractivity (Wildman–Crippen MR) is 64.1 cm³/mol. The third kappa shape index (κ3) is 2.53. The second kappa shape index (κ2) is 5.19. The number of rotatable bonds is 2. The highest BCUT2D eigenvalue weighted by atomic mass is 16.5. The van der Waals surface area contributed by atoms with Gasteiger partial charge in [0.15, 0.2) is 5.89 Å². The summed E-state index contributed by atoms with van der Waals surface area (Å²) in [5.74, 6) is 1.94. The molecule has 0 bridgehead atoms. The van der Waals surface area contributed by atoms with Gasteiger partial charge in [-0.25, -0.2) is 4.98 Å². The van der Waals surface area contributed by atoms with Gasteiger partial charge in [-0.15, -0.1) is 0 Å². The highest BCUT2D eigenvalue weighted by molar-refractivity contribution is 5.08. The quantitative estimate of drug-likeness (QED) is 0.853. The lowest BCUT2D eigenvalue weighted by Crippen LogP contribution is -2.28. The average Bonchev–Trinajstić information content (AvgIpc) is 2.90. The normalized spacial score (nSPS) is 27.2. The number of ether oxygens (including phenoxy) is 1. The van der Waals surface area contributed by atoms with Crippen molar-refractivity contribution in [2.24, 2.45) is 0 Å². The van der Waals surface area contributed by atoms with Gasteiger partial charge in [0.05, 0.1) is 5.69 Å². The SMILES string of the molecule is c1oc(C2CCCNC2)nc1C1CCOCC1. The van der Waals surface area contributed by atoms with Crippen molar-refractivity contribution < 1.29 is 9.15 Å². The molecule has 1 aromatic heterocycles. The maximum atomic E-state index is 5.67. The summed E-state index contributed by atoms with van der Waals surface area (Å²) < 4.78 is 11.0. The van der Waals surface area contributed by atoms with Crippen molar-refractivity contribution >= 4 is 0 Å². The summed E-state index contributed by atoms with van der Waals surface area (Å²) in [7, 11) is 0. The van der Waals surface area contributed by atoms with Crippen LogP contribution in [0.15, 0.2) is 10.7 Å². The van der Waals surface area contributed by atoms with Gasteiger partial charge in [-0.05, 0) is 32.2 Å². The van der Waals surface area contributed by atoms with Crippen LogP contribution in [0.25, 0.3) is 0 Å². The summed E-state index contributed by atoms with van der Waals surface area (Å²) in [6, 6.07) is 0. The first-order chi connectivity index (χ1) is 8.43. The zero-order valence-electron chi connectivity index (χ0n) is 10.2. The maximum Gasteiger partial charge on any atom is 0.198 e. The van der Waals surface area contributed by atoms with Crippen LogP contribution < -0.4 is 5.32 Å². The second-order valence-electron chi connectivity index (χ2n) is 5.04. The molecular formula is C13H20N2O2. The van der Waals surface area contributed by atoms with Crippen molar-refractivity contribution in [3.05, 3.63) is 17.8 Å². The average molecular weight is 236 g/mol. The number of nitrogens with zero attached hydrogens (tertiary/aromatic N) is 1. The van der Waals surface area contributed by atoms with Crippen LogP contribution in [-0.4, -0.2) is 31.3 Å². The number of nitrogens with one attached hydrogen (secondary N) is 1. The van der Waals surface area contributed by atoms with E-state index in [0.717, 1.165) is 50.7 Å². The van der Waals surface area contributed by atoms with Crippen LogP contribution in [0.2, 0.25) is 0 Å². The van der Waals surface area contributed by atoms with Crippen LogP contribution in [0.1, 0.15) is 49.1 Å². The van der Waals surface area contributed by atoms with Crippen molar-refractivity contribution in [2.75, 3.05) is 26.3 Å². The Bertz CT molecular complexity index is 320. The molecule has 0 aromatic carbocycles. The Labute approximate surface area is 102 Å². The molecule has 0 spiro atoms. The largest absolute Gasteiger partial charge is 0.448 e. The Hall–Kier alpha value is -0.870. The first-order valence-electron chi connectivity index (χ1n) is 6.67. The lowest BCUT2D eigenvalue weighted by molar-refractivity contribution is 0.0845. The number of hydrogen-bond acceptors (Lipinski definition) is 4. The minimum Gasteiger partial charge on any atom is -0.448 e. The van der Waals surface area contributed by atoms with Crippen LogP contribution in [0.4, 0.5) is 0 Å². The highest BCUT2D eigenvalue weighted by Gasteiger charge is 2.23. The summed E-state index contributed by atoms with van der Waals surface area (Å²) in [5.41, 5.74) is 1.13. The Morgan fingerprint density at radius 3 is 2.82 bits per heavy atom. The van der Waals surface area contributed by atoms with Crippen molar-refractivity contribution in [1.29, 1.82) is 0 Å². The minimum atomic E-state index is 0.470. The summed E-state index contributed by atoms with van der Waals surface area (Å²) in [6.07, 6.45) is 6.43. The lowest BCUT2D eigenvalue weighted by Gasteiger charge is -2.20. The Morgan fingerprint density at radius 1 is 1.18 bits per heavy atom. The van der Waals surface area contributed by atoms with Gasteiger partial charge >= 0.3 is 0 Å². The van der Waals surface area contributed by atoms with Gasteiger partial charge < -0.3 is 14.5 Å². The van der Waals surface area contributed by atoms with Gasteiger partial charge in [-0.3, -0.25) is 0 Å². The first-order valence-corrected chi connectivity index (χ1v) is 6.67. The summed E-state index contributed by atoms with van der Waals surface area (Å²) in [6.45, 7) is 3.85. The molecule has 1 unspecified atom stereocenters.